The largest absolute Gasteiger partial charge is 0.484 e. The molecule has 98 valence electrons. The fourth-order valence-corrected chi connectivity index (χ4v) is 1.97. The van der Waals surface area contributed by atoms with Gasteiger partial charge in [-0.05, 0) is 42.5 Å². The average Bonchev–Trinajstić information content (AvgIpc) is 2.38. The second-order valence-electron chi connectivity index (χ2n) is 3.80. The molecule has 0 aliphatic heterocycles. The molecule has 0 aliphatic rings. The molecule has 1 N–H and O–H groups in total. The van der Waals surface area contributed by atoms with Crippen LogP contribution in [0.25, 0.3) is 0 Å². The second-order valence-corrected chi connectivity index (χ2v) is 5.15. The zero-order chi connectivity index (χ0) is 13.7. The summed E-state index contributed by atoms with van der Waals surface area (Å²) >= 11 is 9.10. The van der Waals surface area contributed by atoms with E-state index in [-0.39, 0.29) is 12.5 Å². The number of halogens is 2. The average molecular weight is 341 g/mol. The van der Waals surface area contributed by atoms with Gasteiger partial charge in [-0.1, -0.05) is 33.6 Å². The van der Waals surface area contributed by atoms with Gasteiger partial charge in [-0.3, -0.25) is 4.79 Å². The summed E-state index contributed by atoms with van der Waals surface area (Å²) in [5.41, 5.74) is 0.721. The van der Waals surface area contributed by atoms with Gasteiger partial charge in [-0.2, -0.15) is 0 Å². The fourth-order valence-electron chi connectivity index (χ4n) is 1.44. The number of anilines is 1. The Morgan fingerprint density at radius 3 is 2.63 bits per heavy atom. The molecule has 0 heterocycles. The smallest absolute Gasteiger partial charge is 0.262 e. The zero-order valence-corrected chi connectivity index (χ0v) is 12.2. The normalized spacial score (nSPS) is 10.0. The van der Waals surface area contributed by atoms with Crippen molar-refractivity contribution in [1.29, 1.82) is 0 Å². The van der Waals surface area contributed by atoms with E-state index in [1.807, 2.05) is 24.3 Å². The maximum Gasteiger partial charge on any atom is 0.262 e. The summed E-state index contributed by atoms with van der Waals surface area (Å²) in [7, 11) is 0. The van der Waals surface area contributed by atoms with E-state index in [1.54, 1.807) is 24.3 Å². The predicted octanol–water partition coefficient (Wildman–Crippen LogP) is 4.12. The number of amides is 1. The van der Waals surface area contributed by atoms with Gasteiger partial charge in [0.05, 0.1) is 0 Å². The van der Waals surface area contributed by atoms with E-state index in [1.165, 1.54) is 0 Å². The minimum absolute atomic E-state index is 0.0475. The van der Waals surface area contributed by atoms with Crippen molar-refractivity contribution >= 4 is 39.1 Å². The lowest BCUT2D eigenvalue weighted by molar-refractivity contribution is -0.118. The first-order chi connectivity index (χ1) is 9.13. The molecule has 5 heteroatoms. The maximum absolute atomic E-state index is 11.7. The van der Waals surface area contributed by atoms with E-state index >= 15 is 0 Å². The summed E-state index contributed by atoms with van der Waals surface area (Å²) in [5.74, 6) is 0.391. The predicted molar refractivity (Wildman–Crippen MR) is 79.7 cm³/mol. The summed E-state index contributed by atoms with van der Waals surface area (Å²) in [6, 6.07) is 14.2. The number of carbonyl (C=O) groups is 1. The van der Waals surface area contributed by atoms with Gasteiger partial charge in [0.25, 0.3) is 5.91 Å². The van der Waals surface area contributed by atoms with Crippen molar-refractivity contribution in [2.75, 3.05) is 11.9 Å². The van der Waals surface area contributed by atoms with Crippen molar-refractivity contribution in [3.8, 4) is 5.75 Å². The highest BCUT2D eigenvalue weighted by Gasteiger charge is 2.04. The molecule has 0 bridgehead atoms. The molecule has 0 spiro atoms. The molecule has 0 unspecified atom stereocenters. The molecular weight excluding hydrogens is 330 g/mol. The highest BCUT2D eigenvalue weighted by atomic mass is 79.9. The van der Waals surface area contributed by atoms with Crippen LogP contribution in [0.5, 0.6) is 5.75 Å². The van der Waals surface area contributed by atoms with Crippen molar-refractivity contribution in [1.82, 2.24) is 0 Å². The lowest BCUT2D eigenvalue weighted by Crippen LogP contribution is -2.20. The molecule has 19 heavy (non-hydrogen) atoms. The maximum atomic E-state index is 11.7. The van der Waals surface area contributed by atoms with E-state index in [0.29, 0.717) is 10.8 Å². The highest BCUT2D eigenvalue weighted by Crippen LogP contribution is 2.17. The highest BCUT2D eigenvalue weighted by molar-refractivity contribution is 9.10. The Bertz CT molecular complexity index is 572. The molecule has 0 radical (unpaired) electrons. The van der Waals surface area contributed by atoms with Crippen LogP contribution in [-0.2, 0) is 4.79 Å². The van der Waals surface area contributed by atoms with Crippen LogP contribution in [0.1, 0.15) is 0 Å². The Hall–Kier alpha value is -1.52. The van der Waals surface area contributed by atoms with Crippen LogP contribution in [-0.4, -0.2) is 12.5 Å². The molecule has 0 atom stereocenters. The van der Waals surface area contributed by atoms with E-state index in [9.17, 15) is 4.79 Å². The number of rotatable bonds is 4. The van der Waals surface area contributed by atoms with Crippen LogP contribution in [0.2, 0.25) is 5.02 Å². The Balaban J connectivity index is 1.86. The number of hydrogen-bond donors (Lipinski definition) is 1. The third kappa shape index (κ3) is 4.58. The van der Waals surface area contributed by atoms with Gasteiger partial charge in [0.15, 0.2) is 6.61 Å². The molecule has 0 saturated heterocycles. The Morgan fingerprint density at radius 1 is 1.21 bits per heavy atom. The molecule has 0 aromatic heterocycles. The van der Waals surface area contributed by atoms with E-state index in [0.717, 1.165) is 10.2 Å². The second kappa shape index (κ2) is 6.59. The standard InChI is InChI=1S/C14H11BrClNO2/c15-10-2-1-3-12(8-10)17-14(18)9-19-13-6-4-11(16)5-7-13/h1-8H,9H2,(H,17,18). The van der Waals surface area contributed by atoms with E-state index in [2.05, 4.69) is 21.2 Å². The van der Waals surface area contributed by atoms with Crippen LogP contribution in [0.15, 0.2) is 53.0 Å². The molecule has 0 saturated carbocycles. The van der Waals surface area contributed by atoms with Crippen molar-refractivity contribution < 1.29 is 9.53 Å². The minimum Gasteiger partial charge on any atom is -0.484 e. The first kappa shape index (κ1) is 13.9. The summed E-state index contributed by atoms with van der Waals surface area (Å²) < 4.78 is 6.25. The van der Waals surface area contributed by atoms with Crippen molar-refractivity contribution in [3.05, 3.63) is 58.0 Å². The molecule has 2 aromatic carbocycles. The number of benzene rings is 2. The van der Waals surface area contributed by atoms with Crippen molar-refractivity contribution in [3.63, 3.8) is 0 Å². The Labute approximate surface area is 124 Å². The fraction of sp³-hybridized carbons (Fsp3) is 0.0714. The summed E-state index contributed by atoms with van der Waals surface area (Å²) in [6.07, 6.45) is 0. The Morgan fingerprint density at radius 2 is 1.95 bits per heavy atom. The van der Waals surface area contributed by atoms with Crippen LogP contribution >= 0.6 is 27.5 Å². The monoisotopic (exact) mass is 339 g/mol. The van der Waals surface area contributed by atoms with E-state index < -0.39 is 0 Å². The summed E-state index contributed by atoms with van der Waals surface area (Å²) in [5, 5.41) is 3.37. The summed E-state index contributed by atoms with van der Waals surface area (Å²) in [4.78, 5) is 11.7. The van der Waals surface area contributed by atoms with Gasteiger partial charge in [-0.25, -0.2) is 0 Å². The third-order valence-corrected chi connectivity index (χ3v) is 3.04. The molecule has 2 aromatic rings. The van der Waals surface area contributed by atoms with Crippen LogP contribution in [0, 0.1) is 0 Å². The molecule has 1 amide bonds. The van der Waals surface area contributed by atoms with Gasteiger partial charge >= 0.3 is 0 Å². The third-order valence-electron chi connectivity index (χ3n) is 2.29. The van der Waals surface area contributed by atoms with Crippen LogP contribution in [0.3, 0.4) is 0 Å². The zero-order valence-electron chi connectivity index (χ0n) is 9.90. The van der Waals surface area contributed by atoms with E-state index in [4.69, 9.17) is 16.3 Å². The van der Waals surface area contributed by atoms with Crippen LogP contribution < -0.4 is 10.1 Å². The lowest BCUT2D eigenvalue weighted by atomic mass is 10.3. The molecular formula is C14H11BrClNO2. The number of hydrogen-bond acceptors (Lipinski definition) is 2. The molecule has 0 aliphatic carbocycles. The van der Waals surface area contributed by atoms with Crippen LogP contribution in [0.4, 0.5) is 5.69 Å². The first-order valence-corrected chi connectivity index (χ1v) is 6.74. The minimum atomic E-state index is -0.215. The van der Waals surface area contributed by atoms with Gasteiger partial charge in [0.1, 0.15) is 5.75 Å². The van der Waals surface area contributed by atoms with Crippen molar-refractivity contribution in [2.45, 2.75) is 0 Å². The quantitative estimate of drug-likeness (QED) is 0.909. The lowest BCUT2D eigenvalue weighted by Gasteiger charge is -2.07. The SMILES string of the molecule is O=C(COc1ccc(Cl)cc1)Nc1cccc(Br)c1. The number of carbonyl (C=O) groups excluding carboxylic acids is 1. The molecule has 3 nitrogen and oxygen atoms in total. The van der Waals surface area contributed by atoms with Gasteiger partial charge in [-0.15, -0.1) is 0 Å². The van der Waals surface area contributed by atoms with Crippen molar-refractivity contribution in [2.24, 2.45) is 0 Å². The number of nitrogens with one attached hydrogen (secondary N) is 1. The molecule has 2 rings (SSSR count). The van der Waals surface area contributed by atoms with Gasteiger partial charge in [0, 0.05) is 15.2 Å². The topological polar surface area (TPSA) is 38.3 Å². The van der Waals surface area contributed by atoms with Gasteiger partial charge < -0.3 is 10.1 Å². The first-order valence-electron chi connectivity index (χ1n) is 5.57. The number of ether oxygens (including phenoxy) is 1. The molecule has 0 fully saturated rings. The Kier molecular flexibility index (Phi) is 4.82. The van der Waals surface area contributed by atoms with Gasteiger partial charge in [0.2, 0.25) is 0 Å². The summed E-state index contributed by atoms with van der Waals surface area (Å²) in [6.45, 7) is -0.0475.